The molecular formula is C16H19NO3. The zero-order valence-corrected chi connectivity index (χ0v) is 11.8. The molecule has 2 atom stereocenters. The summed E-state index contributed by atoms with van der Waals surface area (Å²) in [6, 6.07) is 6.31. The van der Waals surface area contributed by atoms with E-state index in [0.717, 1.165) is 6.42 Å². The maximum Gasteiger partial charge on any atom is 0.230 e. The first kappa shape index (κ1) is 14.6. The van der Waals surface area contributed by atoms with Crippen molar-refractivity contribution in [3.8, 4) is 0 Å². The number of hydrogen-bond acceptors (Lipinski definition) is 4. The van der Waals surface area contributed by atoms with Gasteiger partial charge in [0.2, 0.25) is 11.6 Å². The van der Waals surface area contributed by atoms with E-state index >= 15 is 0 Å². The standard InChI is InChI=1S/C16H19NO3/c1-3-7-12(17-4-2)13-14(18)10-8-5-6-9-11(10)15(19)16(13)20/h5-6,8-9,12-13,17H,3-4,7H2,1-2H3. The lowest BCUT2D eigenvalue weighted by Crippen LogP contribution is -2.49. The van der Waals surface area contributed by atoms with Crippen LogP contribution in [0.5, 0.6) is 0 Å². The molecule has 0 spiro atoms. The minimum atomic E-state index is -0.878. The van der Waals surface area contributed by atoms with Gasteiger partial charge in [-0.1, -0.05) is 44.5 Å². The Morgan fingerprint density at radius 3 is 2.30 bits per heavy atom. The maximum atomic E-state index is 12.6. The maximum absolute atomic E-state index is 12.6. The molecule has 4 nitrogen and oxygen atoms in total. The summed E-state index contributed by atoms with van der Waals surface area (Å²) in [4.78, 5) is 37.0. The van der Waals surface area contributed by atoms with Gasteiger partial charge in [-0.15, -0.1) is 0 Å². The highest BCUT2D eigenvalue weighted by atomic mass is 16.2. The number of rotatable bonds is 5. The summed E-state index contributed by atoms with van der Waals surface area (Å²) in [7, 11) is 0. The Morgan fingerprint density at radius 2 is 1.70 bits per heavy atom. The Kier molecular flexibility index (Phi) is 4.45. The van der Waals surface area contributed by atoms with Crippen molar-refractivity contribution in [3.05, 3.63) is 35.4 Å². The quantitative estimate of drug-likeness (QED) is 0.658. The van der Waals surface area contributed by atoms with Gasteiger partial charge in [0.1, 0.15) is 5.92 Å². The van der Waals surface area contributed by atoms with Crippen LogP contribution in [0.4, 0.5) is 0 Å². The van der Waals surface area contributed by atoms with E-state index in [1.165, 1.54) is 0 Å². The van der Waals surface area contributed by atoms with Crippen LogP contribution in [-0.4, -0.2) is 29.9 Å². The third-order valence-electron chi connectivity index (χ3n) is 3.69. The molecule has 1 aromatic carbocycles. The lowest BCUT2D eigenvalue weighted by atomic mass is 9.76. The largest absolute Gasteiger partial charge is 0.313 e. The molecule has 1 N–H and O–H groups in total. The number of benzene rings is 1. The smallest absolute Gasteiger partial charge is 0.230 e. The molecule has 0 heterocycles. The van der Waals surface area contributed by atoms with Crippen LogP contribution in [0.3, 0.4) is 0 Å². The average Bonchev–Trinajstić information content (AvgIpc) is 2.45. The van der Waals surface area contributed by atoms with E-state index < -0.39 is 17.5 Å². The number of Topliss-reactive ketones (excluding diaryl/α,β-unsaturated/α-hetero) is 3. The number of carbonyl (C=O) groups excluding carboxylic acids is 3. The molecule has 2 rings (SSSR count). The van der Waals surface area contributed by atoms with Crippen LogP contribution < -0.4 is 5.32 Å². The molecule has 1 aliphatic rings. The number of nitrogens with one attached hydrogen (secondary N) is 1. The van der Waals surface area contributed by atoms with Gasteiger partial charge in [-0.25, -0.2) is 0 Å². The molecule has 0 aromatic heterocycles. The predicted octanol–water partition coefficient (Wildman–Crippen LogP) is 2.03. The molecule has 4 heteroatoms. The molecular weight excluding hydrogens is 254 g/mol. The fraction of sp³-hybridized carbons (Fsp3) is 0.438. The van der Waals surface area contributed by atoms with Gasteiger partial charge in [-0.2, -0.15) is 0 Å². The molecule has 0 radical (unpaired) electrons. The lowest BCUT2D eigenvalue weighted by Gasteiger charge is -2.28. The summed E-state index contributed by atoms with van der Waals surface area (Å²) < 4.78 is 0. The van der Waals surface area contributed by atoms with E-state index in [1.54, 1.807) is 24.3 Å². The zero-order valence-electron chi connectivity index (χ0n) is 11.8. The van der Waals surface area contributed by atoms with E-state index in [-0.39, 0.29) is 17.4 Å². The van der Waals surface area contributed by atoms with Gasteiger partial charge in [0, 0.05) is 17.2 Å². The number of ketones is 3. The summed E-state index contributed by atoms with van der Waals surface area (Å²) in [6.07, 6.45) is 1.55. The van der Waals surface area contributed by atoms with Crippen LogP contribution >= 0.6 is 0 Å². The molecule has 2 unspecified atom stereocenters. The van der Waals surface area contributed by atoms with E-state index in [9.17, 15) is 14.4 Å². The molecule has 0 aliphatic heterocycles. The van der Waals surface area contributed by atoms with Crippen LogP contribution in [0.2, 0.25) is 0 Å². The molecule has 0 bridgehead atoms. The van der Waals surface area contributed by atoms with Crippen molar-refractivity contribution in [1.82, 2.24) is 5.32 Å². The molecule has 0 amide bonds. The van der Waals surface area contributed by atoms with Gasteiger partial charge in [0.05, 0.1) is 0 Å². The van der Waals surface area contributed by atoms with Crippen LogP contribution in [0, 0.1) is 5.92 Å². The van der Waals surface area contributed by atoms with Gasteiger partial charge < -0.3 is 5.32 Å². The topological polar surface area (TPSA) is 63.2 Å². The molecule has 0 saturated carbocycles. The molecule has 0 saturated heterocycles. The summed E-state index contributed by atoms with van der Waals surface area (Å²) in [5, 5.41) is 3.17. The van der Waals surface area contributed by atoms with Crippen LogP contribution in [0.25, 0.3) is 0 Å². The predicted molar refractivity (Wildman–Crippen MR) is 76.0 cm³/mol. The van der Waals surface area contributed by atoms with Crippen LogP contribution in [-0.2, 0) is 4.79 Å². The minimum Gasteiger partial charge on any atom is -0.313 e. The monoisotopic (exact) mass is 273 g/mol. The first-order valence-electron chi connectivity index (χ1n) is 7.07. The van der Waals surface area contributed by atoms with Crippen molar-refractivity contribution in [2.45, 2.75) is 32.7 Å². The highest BCUT2D eigenvalue weighted by Crippen LogP contribution is 2.27. The normalized spacial score (nSPS) is 19.9. The molecule has 20 heavy (non-hydrogen) atoms. The fourth-order valence-electron chi connectivity index (χ4n) is 2.78. The SMILES string of the molecule is CCCC(NCC)C1C(=O)C(=O)c2ccccc2C1=O. The summed E-state index contributed by atoms with van der Waals surface area (Å²) in [5.41, 5.74) is 0.617. The average molecular weight is 273 g/mol. The van der Waals surface area contributed by atoms with Crippen molar-refractivity contribution in [3.63, 3.8) is 0 Å². The van der Waals surface area contributed by atoms with Crippen molar-refractivity contribution < 1.29 is 14.4 Å². The number of carbonyl (C=O) groups is 3. The van der Waals surface area contributed by atoms with E-state index in [2.05, 4.69) is 5.32 Å². The van der Waals surface area contributed by atoms with Crippen molar-refractivity contribution in [1.29, 1.82) is 0 Å². The van der Waals surface area contributed by atoms with Gasteiger partial charge in [-0.05, 0) is 13.0 Å². The van der Waals surface area contributed by atoms with E-state index in [1.807, 2.05) is 13.8 Å². The third-order valence-corrected chi connectivity index (χ3v) is 3.69. The third kappa shape index (κ3) is 2.43. The van der Waals surface area contributed by atoms with Crippen LogP contribution in [0.1, 0.15) is 47.4 Å². The first-order chi connectivity index (χ1) is 9.61. The highest BCUT2D eigenvalue weighted by Gasteiger charge is 2.43. The second-order valence-electron chi connectivity index (χ2n) is 5.03. The Balaban J connectivity index is 2.43. The number of hydrogen-bond donors (Lipinski definition) is 1. The van der Waals surface area contributed by atoms with Crippen molar-refractivity contribution in [2.75, 3.05) is 6.54 Å². The summed E-state index contributed by atoms with van der Waals surface area (Å²) in [5.74, 6) is -2.22. The summed E-state index contributed by atoms with van der Waals surface area (Å²) in [6.45, 7) is 4.59. The fourth-order valence-corrected chi connectivity index (χ4v) is 2.78. The van der Waals surface area contributed by atoms with Crippen LogP contribution in [0.15, 0.2) is 24.3 Å². The lowest BCUT2D eigenvalue weighted by molar-refractivity contribution is -0.118. The Hall–Kier alpha value is -1.81. The second kappa shape index (κ2) is 6.09. The molecule has 0 fully saturated rings. The van der Waals surface area contributed by atoms with Gasteiger partial charge >= 0.3 is 0 Å². The van der Waals surface area contributed by atoms with Crippen molar-refractivity contribution in [2.24, 2.45) is 5.92 Å². The Labute approximate surface area is 118 Å². The number of fused-ring (bicyclic) bond motifs is 1. The molecule has 1 aliphatic carbocycles. The zero-order chi connectivity index (χ0) is 14.7. The second-order valence-corrected chi connectivity index (χ2v) is 5.03. The first-order valence-corrected chi connectivity index (χ1v) is 7.07. The highest BCUT2D eigenvalue weighted by molar-refractivity contribution is 6.52. The molecule has 1 aromatic rings. The van der Waals surface area contributed by atoms with E-state index in [4.69, 9.17) is 0 Å². The summed E-state index contributed by atoms with van der Waals surface area (Å²) >= 11 is 0. The Morgan fingerprint density at radius 1 is 1.05 bits per heavy atom. The van der Waals surface area contributed by atoms with Gasteiger partial charge in [-0.3, -0.25) is 14.4 Å². The van der Waals surface area contributed by atoms with Crippen molar-refractivity contribution >= 4 is 17.3 Å². The van der Waals surface area contributed by atoms with Gasteiger partial charge in [0.25, 0.3) is 0 Å². The van der Waals surface area contributed by atoms with E-state index in [0.29, 0.717) is 18.5 Å². The Bertz CT molecular complexity index is 544. The van der Waals surface area contributed by atoms with Gasteiger partial charge in [0.15, 0.2) is 5.78 Å². The molecule has 106 valence electrons. The minimum absolute atomic E-state index is 0.232.